The largest absolute Gasteiger partial charge is 0.467 e. The Morgan fingerprint density at radius 2 is 1.86 bits per heavy atom. The summed E-state index contributed by atoms with van der Waals surface area (Å²) in [5.41, 5.74) is 2.44. The van der Waals surface area contributed by atoms with E-state index in [0.29, 0.717) is 5.56 Å². The number of amides is 1. The molecule has 0 saturated heterocycles. The Morgan fingerprint density at radius 3 is 2.33 bits per heavy atom. The van der Waals surface area contributed by atoms with Crippen molar-refractivity contribution in [3.05, 3.63) is 34.9 Å². The van der Waals surface area contributed by atoms with Crippen LogP contribution in [0.5, 0.6) is 0 Å². The summed E-state index contributed by atoms with van der Waals surface area (Å²) in [4.78, 5) is 24.1. The van der Waals surface area contributed by atoms with Crippen molar-refractivity contribution in [2.45, 2.75) is 33.2 Å². The van der Waals surface area contributed by atoms with Crippen molar-refractivity contribution in [1.82, 2.24) is 5.32 Å². The second-order valence-corrected chi connectivity index (χ2v) is 5.19. The summed E-state index contributed by atoms with van der Waals surface area (Å²) in [5, 5.41) is 11.4. The van der Waals surface area contributed by atoms with Crippen molar-refractivity contribution in [2.75, 3.05) is 7.11 Å². The normalized spacial score (nSPS) is 12.9. The molecular formula is C16H20N2O3. The average Bonchev–Trinajstić information content (AvgIpc) is 2.42. The molecule has 0 spiro atoms. The number of carbonyl (C=O) groups excluding carboxylic acids is 2. The molecule has 0 fully saturated rings. The fourth-order valence-corrected chi connectivity index (χ4v) is 2.15. The highest BCUT2D eigenvalue weighted by Gasteiger charge is 2.28. The summed E-state index contributed by atoms with van der Waals surface area (Å²) in [5.74, 6) is -1.21. The van der Waals surface area contributed by atoms with Gasteiger partial charge in [0.2, 0.25) is 0 Å². The van der Waals surface area contributed by atoms with Gasteiger partial charge in [-0.3, -0.25) is 4.79 Å². The number of methoxy groups -OCH3 is 1. The Kier molecular flexibility index (Phi) is 5.92. The number of hydrogen-bond donors (Lipinski definition) is 1. The zero-order valence-electron chi connectivity index (χ0n) is 12.8. The van der Waals surface area contributed by atoms with E-state index < -0.39 is 12.0 Å². The van der Waals surface area contributed by atoms with E-state index in [1.807, 2.05) is 26.0 Å². The van der Waals surface area contributed by atoms with Crippen molar-refractivity contribution in [3.8, 4) is 6.07 Å². The molecule has 0 radical (unpaired) electrons. The van der Waals surface area contributed by atoms with Crippen molar-refractivity contribution in [1.29, 1.82) is 5.26 Å². The van der Waals surface area contributed by atoms with Crippen LogP contribution in [0.25, 0.3) is 0 Å². The van der Waals surface area contributed by atoms with E-state index in [4.69, 9.17) is 10.00 Å². The van der Waals surface area contributed by atoms with Gasteiger partial charge >= 0.3 is 5.97 Å². The molecule has 1 aromatic rings. The zero-order valence-corrected chi connectivity index (χ0v) is 12.8. The van der Waals surface area contributed by atoms with Crippen molar-refractivity contribution in [3.63, 3.8) is 0 Å². The smallest absolute Gasteiger partial charge is 0.328 e. The van der Waals surface area contributed by atoms with Crippen LogP contribution in [-0.2, 0) is 9.53 Å². The van der Waals surface area contributed by atoms with Gasteiger partial charge in [-0.25, -0.2) is 4.79 Å². The summed E-state index contributed by atoms with van der Waals surface area (Å²) in [6, 6.07) is 6.64. The van der Waals surface area contributed by atoms with Gasteiger partial charge < -0.3 is 10.1 Å². The summed E-state index contributed by atoms with van der Waals surface area (Å²) in [6.07, 6.45) is 0.160. The fourth-order valence-electron chi connectivity index (χ4n) is 2.15. The molecule has 1 N–H and O–H groups in total. The second kappa shape index (κ2) is 7.44. The fraction of sp³-hybridized carbons (Fsp3) is 0.438. The first-order valence-corrected chi connectivity index (χ1v) is 6.73. The number of ether oxygens (including phenoxy) is 1. The third-order valence-corrected chi connectivity index (χ3v) is 3.21. The predicted molar refractivity (Wildman–Crippen MR) is 78.6 cm³/mol. The summed E-state index contributed by atoms with van der Waals surface area (Å²) in [6.45, 7) is 5.53. The Morgan fingerprint density at radius 1 is 1.29 bits per heavy atom. The molecule has 0 saturated carbocycles. The molecule has 1 aromatic carbocycles. The van der Waals surface area contributed by atoms with Crippen LogP contribution in [0.4, 0.5) is 0 Å². The maximum Gasteiger partial charge on any atom is 0.328 e. The van der Waals surface area contributed by atoms with Gasteiger partial charge in [0.25, 0.3) is 5.91 Å². The molecule has 2 atom stereocenters. The number of esters is 1. The van der Waals surface area contributed by atoms with Gasteiger partial charge in [0, 0.05) is 17.9 Å². The first-order chi connectivity index (χ1) is 9.88. The number of benzene rings is 1. The quantitative estimate of drug-likeness (QED) is 0.842. The molecule has 0 aliphatic rings. The van der Waals surface area contributed by atoms with Crippen molar-refractivity contribution < 1.29 is 14.3 Å². The monoisotopic (exact) mass is 288 g/mol. The summed E-state index contributed by atoms with van der Waals surface area (Å²) >= 11 is 0. The lowest BCUT2D eigenvalue weighted by Crippen LogP contribution is -2.45. The first kappa shape index (κ1) is 16.7. The van der Waals surface area contributed by atoms with E-state index in [1.54, 1.807) is 19.1 Å². The molecule has 0 unspecified atom stereocenters. The maximum atomic E-state index is 12.3. The summed E-state index contributed by atoms with van der Waals surface area (Å²) in [7, 11) is 1.26. The van der Waals surface area contributed by atoms with Gasteiger partial charge in [0.15, 0.2) is 0 Å². The molecule has 0 heterocycles. The van der Waals surface area contributed by atoms with Crippen LogP contribution in [0.3, 0.4) is 0 Å². The Bertz CT molecular complexity index is 555. The molecule has 21 heavy (non-hydrogen) atoms. The van der Waals surface area contributed by atoms with Crippen LogP contribution >= 0.6 is 0 Å². The van der Waals surface area contributed by atoms with Gasteiger partial charge in [-0.05, 0) is 26.0 Å². The number of hydrogen-bond acceptors (Lipinski definition) is 4. The molecule has 5 nitrogen and oxygen atoms in total. The highest BCUT2D eigenvalue weighted by atomic mass is 16.5. The topological polar surface area (TPSA) is 79.2 Å². The van der Waals surface area contributed by atoms with Gasteiger partial charge in [-0.1, -0.05) is 24.1 Å². The van der Waals surface area contributed by atoms with E-state index in [0.717, 1.165) is 11.1 Å². The van der Waals surface area contributed by atoms with E-state index in [2.05, 4.69) is 5.32 Å². The number of nitrogens with one attached hydrogen (secondary N) is 1. The maximum absolute atomic E-state index is 12.3. The highest BCUT2D eigenvalue weighted by molar-refractivity contribution is 5.97. The third kappa shape index (κ3) is 4.60. The van der Waals surface area contributed by atoms with Crippen LogP contribution < -0.4 is 5.32 Å². The zero-order chi connectivity index (χ0) is 16.0. The first-order valence-electron chi connectivity index (χ1n) is 6.73. The minimum Gasteiger partial charge on any atom is -0.467 e. The van der Waals surface area contributed by atoms with Crippen molar-refractivity contribution >= 4 is 11.9 Å². The van der Waals surface area contributed by atoms with Crippen LogP contribution in [0.15, 0.2) is 18.2 Å². The van der Waals surface area contributed by atoms with Crippen LogP contribution in [0.1, 0.15) is 34.8 Å². The average molecular weight is 288 g/mol. The lowest BCUT2D eigenvalue weighted by molar-refractivity contribution is -0.144. The molecule has 5 heteroatoms. The molecular weight excluding hydrogens is 268 g/mol. The van der Waals surface area contributed by atoms with Gasteiger partial charge in [-0.15, -0.1) is 0 Å². The molecule has 0 aromatic heterocycles. The van der Waals surface area contributed by atoms with Crippen molar-refractivity contribution in [2.24, 2.45) is 5.92 Å². The Balaban J connectivity index is 2.95. The van der Waals surface area contributed by atoms with E-state index in [9.17, 15) is 9.59 Å². The lowest BCUT2D eigenvalue weighted by atomic mass is 9.98. The minimum atomic E-state index is -0.831. The molecule has 1 amide bonds. The standard InChI is InChI=1S/C16H20N2O3/c1-10-7-11(2)9-13(8-10)15(19)18-14(16(20)21-4)12(3)5-6-17/h7-9,12,14H,5H2,1-4H3,(H,18,19)/t12-,14-/m0/s1. The molecule has 0 aliphatic carbocycles. The second-order valence-electron chi connectivity index (χ2n) is 5.19. The minimum absolute atomic E-state index is 0.160. The van der Waals surface area contributed by atoms with Gasteiger partial charge in [-0.2, -0.15) is 5.26 Å². The SMILES string of the molecule is COC(=O)[C@@H](NC(=O)c1cc(C)cc(C)c1)[C@@H](C)CC#N. The van der Waals surface area contributed by atoms with E-state index >= 15 is 0 Å². The summed E-state index contributed by atoms with van der Waals surface area (Å²) < 4.78 is 4.70. The Hall–Kier alpha value is -2.35. The molecule has 0 aliphatic heterocycles. The number of aryl methyl sites for hydroxylation is 2. The number of carbonyl (C=O) groups is 2. The number of nitriles is 1. The molecule has 0 bridgehead atoms. The van der Waals surface area contributed by atoms with Gasteiger partial charge in [0.1, 0.15) is 6.04 Å². The Labute approximate surface area is 124 Å². The van der Waals surface area contributed by atoms with E-state index in [-0.39, 0.29) is 18.2 Å². The third-order valence-electron chi connectivity index (χ3n) is 3.21. The predicted octanol–water partition coefficient (Wildman–Crippen LogP) is 2.12. The lowest BCUT2D eigenvalue weighted by Gasteiger charge is -2.21. The van der Waals surface area contributed by atoms with Crippen LogP contribution in [-0.4, -0.2) is 25.0 Å². The van der Waals surface area contributed by atoms with Crippen LogP contribution in [0, 0.1) is 31.1 Å². The van der Waals surface area contributed by atoms with E-state index in [1.165, 1.54) is 7.11 Å². The van der Waals surface area contributed by atoms with Crippen LogP contribution in [0.2, 0.25) is 0 Å². The number of rotatable bonds is 5. The highest BCUT2D eigenvalue weighted by Crippen LogP contribution is 2.13. The molecule has 112 valence electrons. The van der Waals surface area contributed by atoms with Gasteiger partial charge in [0.05, 0.1) is 13.2 Å². The number of nitrogens with zero attached hydrogens (tertiary/aromatic N) is 1. The molecule has 1 rings (SSSR count).